The Morgan fingerprint density at radius 1 is 1.12 bits per heavy atom. The summed E-state index contributed by atoms with van der Waals surface area (Å²) in [6.45, 7) is 3.24. The predicted octanol–water partition coefficient (Wildman–Crippen LogP) is 3.19. The average Bonchev–Trinajstić information content (AvgIpc) is 2.93. The Hall–Kier alpha value is -3.27. The lowest BCUT2D eigenvalue weighted by molar-refractivity contribution is -0.385. The molecule has 0 amide bonds. The number of rotatable bonds is 4. The maximum atomic E-state index is 11.1. The minimum absolute atomic E-state index is 0.0318. The van der Waals surface area contributed by atoms with Crippen LogP contribution in [0.3, 0.4) is 0 Å². The number of methoxy groups -OCH3 is 1. The van der Waals surface area contributed by atoms with Crippen LogP contribution in [0.4, 0.5) is 17.1 Å². The van der Waals surface area contributed by atoms with E-state index in [1.807, 2.05) is 24.3 Å². The summed E-state index contributed by atoms with van der Waals surface area (Å²) in [7, 11) is 1.44. The SMILES string of the molecule is COc1cc(N2CCCN(c3ccccc3C#N)CC2)ccc1[N+](=O)[O-]. The predicted molar refractivity (Wildman–Crippen MR) is 99.8 cm³/mol. The van der Waals surface area contributed by atoms with Crippen molar-refractivity contribution in [1.82, 2.24) is 0 Å². The average molecular weight is 352 g/mol. The van der Waals surface area contributed by atoms with Gasteiger partial charge in [0.1, 0.15) is 6.07 Å². The maximum Gasteiger partial charge on any atom is 0.311 e. The molecule has 26 heavy (non-hydrogen) atoms. The lowest BCUT2D eigenvalue weighted by atomic mass is 10.1. The summed E-state index contributed by atoms with van der Waals surface area (Å²) < 4.78 is 5.18. The van der Waals surface area contributed by atoms with Gasteiger partial charge >= 0.3 is 5.69 Å². The molecule has 1 saturated heterocycles. The molecular weight excluding hydrogens is 332 g/mol. The quantitative estimate of drug-likeness (QED) is 0.621. The topological polar surface area (TPSA) is 82.6 Å². The van der Waals surface area contributed by atoms with Crippen LogP contribution in [0.15, 0.2) is 42.5 Å². The molecule has 0 atom stereocenters. The van der Waals surface area contributed by atoms with Gasteiger partial charge in [-0.2, -0.15) is 5.26 Å². The fourth-order valence-corrected chi connectivity index (χ4v) is 3.27. The molecule has 7 nitrogen and oxygen atoms in total. The maximum absolute atomic E-state index is 11.1. The van der Waals surface area contributed by atoms with E-state index in [2.05, 4.69) is 15.9 Å². The molecule has 1 fully saturated rings. The fraction of sp³-hybridized carbons (Fsp3) is 0.316. The number of para-hydroxylation sites is 1. The first-order chi connectivity index (χ1) is 12.6. The van der Waals surface area contributed by atoms with Crippen molar-refractivity contribution >= 4 is 17.1 Å². The summed E-state index contributed by atoms with van der Waals surface area (Å²) in [6, 6.07) is 14.8. The van der Waals surface area contributed by atoms with Gasteiger partial charge in [0.2, 0.25) is 0 Å². The van der Waals surface area contributed by atoms with Gasteiger partial charge in [0.25, 0.3) is 0 Å². The molecule has 134 valence electrons. The van der Waals surface area contributed by atoms with Crippen LogP contribution in [0.2, 0.25) is 0 Å². The number of nitrogens with zero attached hydrogens (tertiary/aromatic N) is 4. The van der Waals surface area contributed by atoms with Gasteiger partial charge in [-0.15, -0.1) is 0 Å². The van der Waals surface area contributed by atoms with Crippen LogP contribution in [-0.2, 0) is 0 Å². The molecule has 0 saturated carbocycles. The minimum Gasteiger partial charge on any atom is -0.490 e. The molecule has 7 heteroatoms. The van der Waals surface area contributed by atoms with Crippen molar-refractivity contribution in [2.75, 3.05) is 43.1 Å². The number of nitriles is 1. The van der Waals surface area contributed by atoms with Crippen molar-refractivity contribution in [3.8, 4) is 11.8 Å². The molecule has 0 aromatic heterocycles. The van der Waals surface area contributed by atoms with Gasteiger partial charge in [0.05, 0.1) is 23.3 Å². The number of anilines is 2. The number of hydrogen-bond donors (Lipinski definition) is 0. The molecule has 1 aliphatic heterocycles. The Kier molecular flexibility index (Phi) is 5.23. The van der Waals surface area contributed by atoms with Gasteiger partial charge in [0.15, 0.2) is 5.75 Å². The van der Waals surface area contributed by atoms with E-state index in [-0.39, 0.29) is 11.4 Å². The van der Waals surface area contributed by atoms with Gasteiger partial charge in [0, 0.05) is 44.0 Å². The smallest absolute Gasteiger partial charge is 0.311 e. The zero-order chi connectivity index (χ0) is 18.5. The van der Waals surface area contributed by atoms with Gasteiger partial charge in [-0.3, -0.25) is 10.1 Å². The molecule has 0 radical (unpaired) electrons. The number of nitro groups is 1. The molecule has 1 aliphatic rings. The van der Waals surface area contributed by atoms with E-state index in [9.17, 15) is 15.4 Å². The molecule has 2 aromatic carbocycles. The largest absolute Gasteiger partial charge is 0.490 e. The van der Waals surface area contributed by atoms with Gasteiger partial charge in [-0.25, -0.2) is 0 Å². The van der Waals surface area contributed by atoms with Crippen LogP contribution in [0, 0.1) is 21.4 Å². The number of ether oxygens (including phenoxy) is 1. The number of nitro benzene ring substituents is 1. The summed E-state index contributed by atoms with van der Waals surface area (Å²) in [5.74, 6) is 0.267. The molecule has 3 rings (SSSR count). The molecule has 0 unspecified atom stereocenters. The zero-order valence-electron chi connectivity index (χ0n) is 14.6. The van der Waals surface area contributed by atoms with Crippen LogP contribution < -0.4 is 14.5 Å². The lowest BCUT2D eigenvalue weighted by Gasteiger charge is -2.25. The van der Waals surface area contributed by atoms with Crippen molar-refractivity contribution in [3.05, 3.63) is 58.1 Å². The third kappa shape index (κ3) is 3.54. The van der Waals surface area contributed by atoms with Crippen molar-refractivity contribution in [2.24, 2.45) is 0 Å². The Morgan fingerprint density at radius 3 is 2.58 bits per heavy atom. The third-order valence-electron chi connectivity index (χ3n) is 4.59. The van der Waals surface area contributed by atoms with E-state index < -0.39 is 4.92 Å². The van der Waals surface area contributed by atoms with Crippen LogP contribution in [0.1, 0.15) is 12.0 Å². The van der Waals surface area contributed by atoms with E-state index in [0.717, 1.165) is 44.0 Å². The second-order valence-corrected chi connectivity index (χ2v) is 6.07. The Labute approximate surface area is 152 Å². The van der Waals surface area contributed by atoms with E-state index in [4.69, 9.17) is 4.74 Å². The van der Waals surface area contributed by atoms with Crippen molar-refractivity contribution in [1.29, 1.82) is 5.26 Å². The second-order valence-electron chi connectivity index (χ2n) is 6.07. The van der Waals surface area contributed by atoms with E-state index in [1.54, 1.807) is 12.1 Å². The monoisotopic (exact) mass is 352 g/mol. The Balaban J connectivity index is 1.79. The molecule has 0 N–H and O–H groups in total. The first kappa shape index (κ1) is 17.5. The normalized spacial score (nSPS) is 14.5. The number of hydrogen-bond acceptors (Lipinski definition) is 6. The standard InChI is InChI=1S/C19H20N4O3/c1-26-19-13-16(7-8-18(19)23(24)25)21-9-4-10-22(12-11-21)17-6-3-2-5-15(17)14-20/h2-3,5-8,13H,4,9-12H2,1H3. The Morgan fingerprint density at radius 2 is 1.85 bits per heavy atom. The Bertz CT molecular complexity index is 847. The summed E-state index contributed by atoms with van der Waals surface area (Å²) in [5.41, 5.74) is 2.51. The second kappa shape index (κ2) is 7.74. The summed E-state index contributed by atoms with van der Waals surface area (Å²) in [5, 5.41) is 20.4. The summed E-state index contributed by atoms with van der Waals surface area (Å²) >= 11 is 0. The zero-order valence-corrected chi connectivity index (χ0v) is 14.6. The van der Waals surface area contributed by atoms with Gasteiger partial charge in [-0.1, -0.05) is 12.1 Å². The highest BCUT2D eigenvalue weighted by molar-refractivity contribution is 5.61. The van der Waals surface area contributed by atoms with Crippen LogP contribution >= 0.6 is 0 Å². The summed E-state index contributed by atoms with van der Waals surface area (Å²) in [6.07, 6.45) is 0.930. The number of benzene rings is 2. The molecule has 0 bridgehead atoms. The van der Waals surface area contributed by atoms with Gasteiger partial charge in [-0.05, 0) is 24.6 Å². The van der Waals surface area contributed by atoms with Crippen LogP contribution in [0.5, 0.6) is 5.75 Å². The van der Waals surface area contributed by atoms with Crippen molar-refractivity contribution in [2.45, 2.75) is 6.42 Å². The van der Waals surface area contributed by atoms with E-state index in [0.29, 0.717) is 5.56 Å². The molecule has 1 heterocycles. The highest BCUT2D eigenvalue weighted by Gasteiger charge is 2.20. The third-order valence-corrected chi connectivity index (χ3v) is 4.59. The lowest BCUT2D eigenvalue weighted by Crippen LogP contribution is -2.31. The van der Waals surface area contributed by atoms with E-state index in [1.165, 1.54) is 13.2 Å². The molecular formula is C19H20N4O3. The van der Waals surface area contributed by atoms with Crippen LogP contribution in [0.25, 0.3) is 0 Å². The van der Waals surface area contributed by atoms with Crippen molar-refractivity contribution < 1.29 is 9.66 Å². The molecule has 0 aliphatic carbocycles. The van der Waals surface area contributed by atoms with E-state index >= 15 is 0 Å². The highest BCUT2D eigenvalue weighted by Crippen LogP contribution is 2.32. The highest BCUT2D eigenvalue weighted by atomic mass is 16.6. The van der Waals surface area contributed by atoms with Crippen molar-refractivity contribution in [3.63, 3.8) is 0 Å². The molecule has 0 spiro atoms. The fourth-order valence-electron chi connectivity index (χ4n) is 3.27. The van der Waals surface area contributed by atoms with Crippen LogP contribution in [-0.4, -0.2) is 38.2 Å². The first-order valence-corrected chi connectivity index (χ1v) is 8.45. The minimum atomic E-state index is -0.439. The van der Waals surface area contributed by atoms with Gasteiger partial charge < -0.3 is 14.5 Å². The molecule has 2 aromatic rings. The first-order valence-electron chi connectivity index (χ1n) is 8.45. The summed E-state index contributed by atoms with van der Waals surface area (Å²) in [4.78, 5) is 15.0.